The second kappa shape index (κ2) is 8.77. The Bertz CT molecular complexity index is 1640. The number of imide groups is 1. The number of rotatable bonds is 4. The van der Waals surface area contributed by atoms with Crippen LogP contribution in [-0.2, 0) is 9.59 Å². The summed E-state index contributed by atoms with van der Waals surface area (Å²) in [7, 11) is 0. The number of carbonyl (C=O) groups is 3. The molecule has 0 N–H and O–H groups in total. The summed E-state index contributed by atoms with van der Waals surface area (Å²) >= 11 is 0. The Morgan fingerprint density at radius 1 is 0.923 bits per heavy atom. The Morgan fingerprint density at radius 3 is 2.28 bits per heavy atom. The van der Waals surface area contributed by atoms with Gasteiger partial charge in [-0.2, -0.15) is 5.26 Å². The third-order valence-electron chi connectivity index (χ3n) is 8.17. The molecule has 2 bridgehead atoms. The summed E-state index contributed by atoms with van der Waals surface area (Å²) < 4.78 is 0. The average molecular weight is 514 g/mol. The number of benzene rings is 3. The van der Waals surface area contributed by atoms with Crippen LogP contribution in [0.15, 0.2) is 91.1 Å². The maximum atomic E-state index is 14.2. The van der Waals surface area contributed by atoms with Crippen LogP contribution in [0.4, 0.5) is 10.5 Å². The highest BCUT2D eigenvalue weighted by Gasteiger charge is 2.63. The zero-order chi connectivity index (χ0) is 26.7. The number of hydrogen-bond donors (Lipinski definition) is 0. The average Bonchev–Trinajstić information content (AvgIpc) is 3.65. The summed E-state index contributed by atoms with van der Waals surface area (Å²) in [5.41, 5.74) is 3.00. The van der Waals surface area contributed by atoms with Crippen LogP contribution in [0.5, 0.6) is 0 Å². The van der Waals surface area contributed by atoms with Gasteiger partial charge in [-0.05, 0) is 41.8 Å². The third kappa shape index (κ3) is 3.36. The number of urea groups is 1. The molecule has 4 amide bonds. The lowest BCUT2D eigenvalue weighted by Gasteiger charge is -2.37. The van der Waals surface area contributed by atoms with E-state index in [0.29, 0.717) is 35.1 Å². The predicted octanol–water partition coefficient (Wildman–Crippen LogP) is 4.06. The molecule has 0 radical (unpaired) electrons. The summed E-state index contributed by atoms with van der Waals surface area (Å²) in [4.78, 5) is 50.7. The van der Waals surface area contributed by atoms with Crippen molar-refractivity contribution in [1.82, 2.24) is 14.8 Å². The van der Waals surface area contributed by atoms with Crippen LogP contribution >= 0.6 is 0 Å². The van der Waals surface area contributed by atoms with Crippen LogP contribution in [0.1, 0.15) is 29.0 Å². The van der Waals surface area contributed by atoms with E-state index in [1.165, 1.54) is 4.90 Å². The minimum Gasteiger partial charge on any atom is -0.334 e. The van der Waals surface area contributed by atoms with Gasteiger partial charge in [0.2, 0.25) is 5.91 Å². The number of hydrogen-bond acceptors (Lipinski definition) is 5. The van der Waals surface area contributed by atoms with Gasteiger partial charge in [-0.15, -0.1) is 0 Å². The fourth-order valence-corrected chi connectivity index (χ4v) is 6.51. The fourth-order valence-electron chi connectivity index (χ4n) is 6.51. The first kappa shape index (κ1) is 23.1. The number of likely N-dealkylation sites (tertiary alicyclic amines) is 1. The molecule has 4 heterocycles. The van der Waals surface area contributed by atoms with E-state index in [0.717, 1.165) is 11.1 Å². The van der Waals surface area contributed by atoms with E-state index in [9.17, 15) is 19.6 Å². The number of carbonyl (C=O) groups excluding carboxylic acids is 3. The number of amides is 4. The molecule has 3 atom stereocenters. The van der Waals surface area contributed by atoms with E-state index >= 15 is 0 Å². The molecule has 0 saturated carbocycles. The van der Waals surface area contributed by atoms with Crippen LogP contribution in [0.2, 0.25) is 0 Å². The van der Waals surface area contributed by atoms with Crippen LogP contribution in [0.25, 0.3) is 10.9 Å². The van der Waals surface area contributed by atoms with Gasteiger partial charge < -0.3 is 9.80 Å². The van der Waals surface area contributed by atoms with Gasteiger partial charge in [-0.1, -0.05) is 60.7 Å². The van der Waals surface area contributed by atoms with Gasteiger partial charge in [0.25, 0.3) is 5.91 Å². The molecule has 0 spiro atoms. The predicted molar refractivity (Wildman–Crippen MR) is 144 cm³/mol. The monoisotopic (exact) mass is 513 g/mol. The van der Waals surface area contributed by atoms with Gasteiger partial charge in [0.05, 0.1) is 34.8 Å². The van der Waals surface area contributed by atoms with Crippen LogP contribution < -0.4 is 4.90 Å². The fraction of sp³-hybridized carbons (Fsp3) is 0.194. The van der Waals surface area contributed by atoms with Crippen molar-refractivity contribution in [1.29, 1.82) is 5.26 Å². The van der Waals surface area contributed by atoms with Gasteiger partial charge in [0.1, 0.15) is 12.1 Å². The van der Waals surface area contributed by atoms with E-state index in [-0.39, 0.29) is 23.9 Å². The van der Waals surface area contributed by atoms with Crippen molar-refractivity contribution in [3.63, 3.8) is 0 Å². The molecule has 8 heteroatoms. The molecule has 3 aliphatic rings. The van der Waals surface area contributed by atoms with Crippen LogP contribution in [0.3, 0.4) is 0 Å². The Kier molecular flexibility index (Phi) is 5.20. The summed E-state index contributed by atoms with van der Waals surface area (Å²) in [6, 6.07) is 26.4. The molecule has 190 valence electrons. The summed E-state index contributed by atoms with van der Waals surface area (Å²) in [6.45, 7) is 0.388. The Hall–Kier alpha value is -5.03. The summed E-state index contributed by atoms with van der Waals surface area (Å²) in [5, 5.41) is 10.1. The molecule has 39 heavy (non-hydrogen) atoms. The quantitative estimate of drug-likeness (QED) is 0.384. The third-order valence-corrected chi connectivity index (χ3v) is 8.17. The van der Waals surface area contributed by atoms with Crippen LogP contribution in [0, 0.1) is 11.3 Å². The largest absolute Gasteiger partial charge is 0.334 e. The number of nitrogens with zero attached hydrogens (tertiary/aromatic N) is 5. The van der Waals surface area contributed by atoms with Gasteiger partial charge in [0.15, 0.2) is 0 Å². The lowest BCUT2D eigenvalue weighted by Crippen LogP contribution is -2.55. The zero-order valence-electron chi connectivity index (χ0n) is 20.8. The molecule has 0 aliphatic carbocycles. The maximum Gasteiger partial charge on any atom is 0.332 e. The van der Waals surface area contributed by atoms with Gasteiger partial charge in [-0.25, -0.2) is 9.69 Å². The highest BCUT2D eigenvalue weighted by molar-refractivity contribution is 6.25. The zero-order valence-corrected chi connectivity index (χ0v) is 20.8. The normalized spacial score (nSPS) is 21.6. The molecule has 2 unspecified atom stereocenters. The first-order valence-corrected chi connectivity index (χ1v) is 12.9. The Balaban J connectivity index is 1.24. The second-order valence-corrected chi connectivity index (χ2v) is 10.2. The van der Waals surface area contributed by atoms with Crippen molar-refractivity contribution < 1.29 is 14.4 Å². The van der Waals surface area contributed by atoms with Gasteiger partial charge >= 0.3 is 6.03 Å². The first-order chi connectivity index (χ1) is 19.1. The van der Waals surface area contributed by atoms with Gasteiger partial charge in [-0.3, -0.25) is 14.6 Å². The van der Waals surface area contributed by atoms with E-state index in [1.54, 1.807) is 35.4 Å². The SMILES string of the molecule is N#Cc1ccc(N2C(=O)[C@H]3C4CC(CN4C(=O)C(c4ccccc4)c4ccccc4)N3C2=O)c2cccnc12. The number of piperazine rings is 1. The number of aromatic nitrogens is 1. The topological polar surface area (TPSA) is 97.6 Å². The highest BCUT2D eigenvalue weighted by atomic mass is 16.2. The minimum atomic E-state index is -0.741. The van der Waals surface area contributed by atoms with Crippen molar-refractivity contribution in [3.05, 3.63) is 108 Å². The molecule has 3 fully saturated rings. The van der Waals surface area contributed by atoms with E-state index in [4.69, 9.17) is 0 Å². The number of fused-ring (bicyclic) bond motifs is 6. The smallest absolute Gasteiger partial charge is 0.332 e. The minimum absolute atomic E-state index is 0.0636. The molecule has 3 aromatic carbocycles. The molecule has 8 nitrogen and oxygen atoms in total. The maximum absolute atomic E-state index is 14.2. The summed E-state index contributed by atoms with van der Waals surface area (Å²) in [6.07, 6.45) is 2.16. The lowest BCUT2D eigenvalue weighted by atomic mass is 9.89. The lowest BCUT2D eigenvalue weighted by molar-refractivity contribution is -0.136. The Labute approximate surface area is 224 Å². The first-order valence-electron chi connectivity index (χ1n) is 12.9. The standard InChI is InChI=1S/C31H23N5O3/c32-17-21-13-14-24(23-12-7-15-33-27(21)23)36-30(38)28-25-16-22(35(28)31(36)39)18-34(25)29(37)26(19-8-3-1-4-9-19)20-10-5-2-6-11-20/h1-15,22,25-26,28H,16,18H2/t22?,25?,28-/m1/s1. The molecule has 1 aromatic heterocycles. The molecular formula is C31H23N5O3. The van der Waals surface area contributed by atoms with E-state index < -0.39 is 18.0 Å². The van der Waals surface area contributed by atoms with E-state index in [1.807, 2.05) is 65.6 Å². The second-order valence-electron chi connectivity index (χ2n) is 10.2. The van der Waals surface area contributed by atoms with Gasteiger partial charge in [0, 0.05) is 18.1 Å². The number of pyridine rings is 1. The van der Waals surface area contributed by atoms with E-state index in [2.05, 4.69) is 11.1 Å². The molecule has 3 aliphatic heterocycles. The summed E-state index contributed by atoms with van der Waals surface area (Å²) in [5.74, 6) is -0.917. The molecule has 4 aromatic rings. The molecular weight excluding hydrogens is 490 g/mol. The Morgan fingerprint density at radius 2 is 1.62 bits per heavy atom. The van der Waals surface area contributed by atoms with Crippen molar-refractivity contribution in [2.75, 3.05) is 11.4 Å². The van der Waals surface area contributed by atoms with Crippen LogP contribution in [-0.4, -0.2) is 57.3 Å². The van der Waals surface area contributed by atoms with Crippen molar-refractivity contribution >= 4 is 34.4 Å². The molecule has 3 saturated heterocycles. The molecule has 7 rings (SSSR count). The van der Waals surface area contributed by atoms with Crippen molar-refractivity contribution in [2.24, 2.45) is 0 Å². The van der Waals surface area contributed by atoms with Crippen molar-refractivity contribution in [3.8, 4) is 6.07 Å². The number of anilines is 1. The van der Waals surface area contributed by atoms with Crippen molar-refractivity contribution in [2.45, 2.75) is 30.5 Å². The highest BCUT2D eigenvalue weighted by Crippen LogP contribution is 2.45. The number of nitriles is 1.